The molecule has 1 saturated heterocycles. The highest BCUT2D eigenvalue weighted by Crippen LogP contribution is 2.28. The lowest BCUT2D eigenvalue weighted by Gasteiger charge is -2.37. The van der Waals surface area contributed by atoms with Crippen molar-refractivity contribution < 1.29 is 27.2 Å². The van der Waals surface area contributed by atoms with Gasteiger partial charge >= 0.3 is 12.3 Å². The number of hydrogen-bond acceptors (Lipinski definition) is 3. The molecule has 1 heterocycles. The molecule has 0 spiro atoms. The summed E-state index contributed by atoms with van der Waals surface area (Å²) in [6, 6.07) is -0.697. The molecule has 2 amide bonds. The summed E-state index contributed by atoms with van der Waals surface area (Å²) in [5.74, 6) is -6.94. The second kappa shape index (κ2) is 9.14. The number of carbonyl (C=O) groups excluding carboxylic acids is 2. The molecule has 1 aliphatic heterocycles. The molecule has 1 aliphatic rings. The summed E-state index contributed by atoms with van der Waals surface area (Å²) in [6.45, 7) is 0.0884. The third-order valence-corrected chi connectivity index (χ3v) is 3.35. The number of nitrogens with zero attached hydrogens (tertiary/aromatic N) is 1. The number of nitrogens with one attached hydrogen (secondary N) is 1. The standard InChI is InChI=1S/C12H19F4N3O2.ClH/c13-10(14)12(15,16)11(21)19-6-2-1-3-8(19)7-18-9(20)4-5-17;/h8,10H,1-7,17H2,(H,18,20);1H. The Bertz CT molecular complexity index is 385. The number of nitrogens with two attached hydrogens (primary N) is 1. The highest BCUT2D eigenvalue weighted by molar-refractivity contribution is 5.85. The monoisotopic (exact) mass is 349 g/mol. The molecule has 0 saturated carbocycles. The van der Waals surface area contributed by atoms with Gasteiger partial charge in [-0.1, -0.05) is 0 Å². The normalized spacial score (nSPS) is 18.8. The largest absolute Gasteiger partial charge is 0.383 e. The van der Waals surface area contributed by atoms with E-state index in [1.807, 2.05) is 0 Å². The molecule has 130 valence electrons. The molecule has 0 bridgehead atoms. The Morgan fingerprint density at radius 1 is 1.32 bits per heavy atom. The first-order chi connectivity index (χ1) is 9.80. The van der Waals surface area contributed by atoms with Crippen LogP contribution in [-0.4, -0.2) is 54.7 Å². The fraction of sp³-hybridized carbons (Fsp3) is 0.833. The zero-order valence-corrected chi connectivity index (χ0v) is 12.7. The van der Waals surface area contributed by atoms with E-state index in [-0.39, 0.29) is 44.4 Å². The average molecular weight is 350 g/mol. The zero-order chi connectivity index (χ0) is 16.0. The van der Waals surface area contributed by atoms with Gasteiger partial charge in [0.25, 0.3) is 5.91 Å². The number of hydrogen-bond donors (Lipinski definition) is 2. The van der Waals surface area contributed by atoms with Gasteiger partial charge in [-0.05, 0) is 19.3 Å². The maximum Gasteiger partial charge on any atom is 0.383 e. The lowest BCUT2D eigenvalue weighted by atomic mass is 10.0. The summed E-state index contributed by atoms with van der Waals surface area (Å²) in [6.07, 6.45) is -2.43. The van der Waals surface area contributed by atoms with Crippen LogP contribution in [0.3, 0.4) is 0 Å². The van der Waals surface area contributed by atoms with Gasteiger partial charge in [0.15, 0.2) is 0 Å². The van der Waals surface area contributed by atoms with Gasteiger partial charge in [0.2, 0.25) is 5.91 Å². The number of likely N-dealkylation sites (tertiary alicyclic amines) is 1. The highest BCUT2D eigenvalue weighted by Gasteiger charge is 2.52. The van der Waals surface area contributed by atoms with Crippen molar-refractivity contribution in [1.82, 2.24) is 10.2 Å². The Balaban J connectivity index is 0.00000441. The molecule has 3 N–H and O–H groups in total. The van der Waals surface area contributed by atoms with Crippen LogP contribution in [0, 0.1) is 0 Å². The second-order valence-corrected chi connectivity index (χ2v) is 4.91. The third kappa shape index (κ3) is 5.28. The van der Waals surface area contributed by atoms with Crippen molar-refractivity contribution in [2.24, 2.45) is 5.73 Å². The van der Waals surface area contributed by atoms with Crippen LogP contribution in [-0.2, 0) is 9.59 Å². The first kappa shape index (κ1) is 20.9. The molecule has 10 heteroatoms. The topological polar surface area (TPSA) is 75.4 Å². The minimum Gasteiger partial charge on any atom is -0.354 e. The lowest BCUT2D eigenvalue weighted by molar-refractivity contribution is -0.184. The minimum absolute atomic E-state index is 0. The zero-order valence-electron chi connectivity index (χ0n) is 11.9. The molecule has 1 fully saturated rings. The van der Waals surface area contributed by atoms with Crippen molar-refractivity contribution in [3.05, 3.63) is 0 Å². The number of piperidine rings is 1. The molecule has 0 aromatic rings. The fourth-order valence-corrected chi connectivity index (χ4v) is 2.22. The Morgan fingerprint density at radius 3 is 2.50 bits per heavy atom. The van der Waals surface area contributed by atoms with E-state index in [1.54, 1.807) is 0 Å². The van der Waals surface area contributed by atoms with Gasteiger partial charge in [0.05, 0.1) is 0 Å². The van der Waals surface area contributed by atoms with E-state index in [9.17, 15) is 27.2 Å². The van der Waals surface area contributed by atoms with Crippen LogP contribution < -0.4 is 11.1 Å². The number of alkyl halides is 4. The van der Waals surface area contributed by atoms with Crippen molar-refractivity contribution in [3.8, 4) is 0 Å². The molecule has 1 unspecified atom stereocenters. The Hall–Kier alpha value is -1.09. The molecule has 5 nitrogen and oxygen atoms in total. The minimum atomic E-state index is -4.70. The molecule has 0 aromatic carbocycles. The summed E-state index contributed by atoms with van der Waals surface area (Å²) >= 11 is 0. The summed E-state index contributed by atoms with van der Waals surface area (Å²) in [5, 5.41) is 2.47. The molecule has 1 atom stereocenters. The maximum absolute atomic E-state index is 13.2. The van der Waals surface area contributed by atoms with Crippen molar-refractivity contribution >= 4 is 24.2 Å². The first-order valence-corrected chi connectivity index (χ1v) is 6.74. The Morgan fingerprint density at radius 2 is 1.95 bits per heavy atom. The van der Waals surface area contributed by atoms with Gasteiger partial charge in [-0.25, -0.2) is 8.78 Å². The SMILES string of the molecule is Cl.NCCC(=O)NCC1CCCCN1C(=O)C(F)(F)C(F)F. The van der Waals surface area contributed by atoms with Gasteiger partial charge in [-0.3, -0.25) is 9.59 Å². The molecule has 0 radical (unpaired) electrons. The predicted molar refractivity (Wildman–Crippen MR) is 74.2 cm³/mol. The van der Waals surface area contributed by atoms with Gasteiger partial charge in [0, 0.05) is 32.1 Å². The van der Waals surface area contributed by atoms with Gasteiger partial charge in [0.1, 0.15) is 0 Å². The van der Waals surface area contributed by atoms with E-state index in [4.69, 9.17) is 5.73 Å². The van der Waals surface area contributed by atoms with Gasteiger partial charge in [-0.2, -0.15) is 8.78 Å². The smallest absolute Gasteiger partial charge is 0.354 e. The summed E-state index contributed by atoms with van der Waals surface area (Å²) in [4.78, 5) is 23.7. The molecule has 1 rings (SSSR count). The highest BCUT2D eigenvalue weighted by atomic mass is 35.5. The van der Waals surface area contributed by atoms with Gasteiger partial charge in [-0.15, -0.1) is 12.4 Å². The number of amides is 2. The van der Waals surface area contributed by atoms with E-state index in [2.05, 4.69) is 5.32 Å². The summed E-state index contributed by atoms with van der Waals surface area (Å²) in [7, 11) is 0. The fourth-order valence-electron chi connectivity index (χ4n) is 2.22. The Kier molecular flexibility index (Phi) is 8.69. The van der Waals surface area contributed by atoms with Crippen LogP contribution in [0.5, 0.6) is 0 Å². The van der Waals surface area contributed by atoms with E-state index in [1.165, 1.54) is 0 Å². The van der Waals surface area contributed by atoms with E-state index >= 15 is 0 Å². The summed E-state index contributed by atoms with van der Waals surface area (Å²) < 4.78 is 50.9. The molecular weight excluding hydrogens is 330 g/mol. The van der Waals surface area contributed by atoms with E-state index in [0.29, 0.717) is 19.3 Å². The molecular formula is C12H20ClF4N3O2. The quantitative estimate of drug-likeness (QED) is 0.706. The lowest BCUT2D eigenvalue weighted by Crippen LogP contribution is -2.56. The molecule has 0 aromatic heterocycles. The van der Waals surface area contributed by atoms with E-state index < -0.39 is 24.3 Å². The van der Waals surface area contributed by atoms with Crippen LogP contribution in [0.2, 0.25) is 0 Å². The first-order valence-electron chi connectivity index (χ1n) is 6.74. The number of rotatable bonds is 6. The van der Waals surface area contributed by atoms with Gasteiger partial charge < -0.3 is 16.0 Å². The van der Waals surface area contributed by atoms with Crippen LogP contribution >= 0.6 is 12.4 Å². The van der Waals surface area contributed by atoms with Crippen molar-refractivity contribution in [2.75, 3.05) is 19.6 Å². The van der Waals surface area contributed by atoms with Crippen molar-refractivity contribution in [3.63, 3.8) is 0 Å². The van der Waals surface area contributed by atoms with Crippen LogP contribution in [0.1, 0.15) is 25.7 Å². The van der Waals surface area contributed by atoms with Crippen molar-refractivity contribution in [2.45, 2.75) is 44.1 Å². The van der Waals surface area contributed by atoms with Crippen LogP contribution in [0.25, 0.3) is 0 Å². The van der Waals surface area contributed by atoms with Crippen LogP contribution in [0.4, 0.5) is 17.6 Å². The third-order valence-electron chi connectivity index (χ3n) is 3.35. The summed E-state index contributed by atoms with van der Waals surface area (Å²) in [5.41, 5.74) is 5.20. The second-order valence-electron chi connectivity index (χ2n) is 4.91. The van der Waals surface area contributed by atoms with E-state index in [0.717, 1.165) is 4.90 Å². The molecule has 0 aliphatic carbocycles. The molecule has 22 heavy (non-hydrogen) atoms. The number of carbonyl (C=O) groups is 2. The van der Waals surface area contributed by atoms with Crippen LogP contribution in [0.15, 0.2) is 0 Å². The average Bonchev–Trinajstić information content (AvgIpc) is 2.44. The number of halogens is 5. The van der Waals surface area contributed by atoms with Crippen molar-refractivity contribution in [1.29, 1.82) is 0 Å². The maximum atomic E-state index is 13.2. The Labute approximate surface area is 132 Å². The predicted octanol–water partition coefficient (Wildman–Crippen LogP) is 1.15.